The summed E-state index contributed by atoms with van der Waals surface area (Å²) in [6.07, 6.45) is -3.51. The van der Waals surface area contributed by atoms with Gasteiger partial charge >= 0.3 is 12.1 Å². The van der Waals surface area contributed by atoms with E-state index in [-0.39, 0.29) is 24.2 Å². The number of rotatable bonds is 6. The summed E-state index contributed by atoms with van der Waals surface area (Å²) in [6.45, 7) is 0.330. The molecule has 126 valence electrons. The standard InChI is InChI=1S/C16H18F3NO3/c1-20(7-3-6-14(21)22)15(23)13-9-12(13)10-4-2-5-11(8-10)16(17,18)19/h2,4-5,8,12-13H,3,6-7,9H2,1H3,(H,21,22). The van der Waals surface area contributed by atoms with E-state index in [0.717, 1.165) is 12.1 Å². The highest BCUT2D eigenvalue weighted by molar-refractivity contribution is 5.82. The number of carboxylic acids is 1. The number of hydrogen-bond acceptors (Lipinski definition) is 2. The second-order valence-electron chi connectivity index (χ2n) is 5.83. The van der Waals surface area contributed by atoms with Crippen molar-refractivity contribution < 1.29 is 27.9 Å². The maximum Gasteiger partial charge on any atom is 0.416 e. The van der Waals surface area contributed by atoms with Gasteiger partial charge in [-0.15, -0.1) is 0 Å². The largest absolute Gasteiger partial charge is 0.481 e. The predicted octanol–water partition coefficient (Wildman–Crippen LogP) is 3.13. The molecule has 4 nitrogen and oxygen atoms in total. The van der Waals surface area contributed by atoms with E-state index in [4.69, 9.17) is 5.11 Å². The Kier molecular flexibility index (Phi) is 4.97. The van der Waals surface area contributed by atoms with E-state index in [9.17, 15) is 22.8 Å². The molecule has 2 atom stereocenters. The first-order chi connectivity index (χ1) is 10.7. The minimum Gasteiger partial charge on any atom is -0.481 e. The van der Waals surface area contributed by atoms with Crippen molar-refractivity contribution in [3.05, 3.63) is 35.4 Å². The van der Waals surface area contributed by atoms with E-state index in [1.165, 1.54) is 11.0 Å². The molecule has 1 saturated carbocycles. The molecule has 0 radical (unpaired) electrons. The summed E-state index contributed by atoms with van der Waals surface area (Å²) in [5, 5.41) is 8.57. The number of carbonyl (C=O) groups is 2. The Hall–Kier alpha value is -2.05. The molecule has 1 fully saturated rings. The monoisotopic (exact) mass is 329 g/mol. The summed E-state index contributed by atoms with van der Waals surface area (Å²) in [7, 11) is 1.59. The Balaban J connectivity index is 1.94. The fourth-order valence-corrected chi connectivity index (χ4v) is 2.64. The summed E-state index contributed by atoms with van der Waals surface area (Å²) in [5.41, 5.74) is -0.181. The number of carbonyl (C=O) groups excluding carboxylic acids is 1. The van der Waals surface area contributed by atoms with Gasteiger partial charge in [0.05, 0.1) is 5.56 Å². The van der Waals surface area contributed by atoms with Crippen molar-refractivity contribution in [2.75, 3.05) is 13.6 Å². The third-order valence-corrected chi connectivity index (χ3v) is 4.01. The van der Waals surface area contributed by atoms with Gasteiger partial charge in [-0.25, -0.2) is 0 Å². The number of alkyl halides is 3. The van der Waals surface area contributed by atoms with Crippen LogP contribution in [0.5, 0.6) is 0 Å². The molecule has 0 saturated heterocycles. The molecule has 2 unspecified atom stereocenters. The second kappa shape index (κ2) is 6.60. The highest BCUT2D eigenvalue weighted by Gasteiger charge is 2.45. The molecule has 0 heterocycles. The van der Waals surface area contributed by atoms with Gasteiger partial charge in [-0.1, -0.05) is 18.2 Å². The van der Waals surface area contributed by atoms with Crippen molar-refractivity contribution in [3.63, 3.8) is 0 Å². The lowest BCUT2D eigenvalue weighted by Crippen LogP contribution is -2.29. The first-order valence-corrected chi connectivity index (χ1v) is 7.34. The first-order valence-electron chi connectivity index (χ1n) is 7.34. The van der Waals surface area contributed by atoms with Crippen LogP contribution >= 0.6 is 0 Å². The molecular formula is C16H18F3NO3. The van der Waals surface area contributed by atoms with Gasteiger partial charge in [-0.2, -0.15) is 13.2 Å². The van der Waals surface area contributed by atoms with Gasteiger partial charge in [-0.3, -0.25) is 9.59 Å². The molecule has 0 aromatic heterocycles. The molecule has 7 heteroatoms. The molecule has 1 aliphatic carbocycles. The second-order valence-corrected chi connectivity index (χ2v) is 5.83. The van der Waals surface area contributed by atoms with E-state index in [0.29, 0.717) is 24.9 Å². The van der Waals surface area contributed by atoms with Crippen molar-refractivity contribution in [2.24, 2.45) is 5.92 Å². The predicted molar refractivity (Wildman–Crippen MR) is 76.8 cm³/mol. The van der Waals surface area contributed by atoms with E-state index in [1.54, 1.807) is 13.1 Å². The van der Waals surface area contributed by atoms with Crippen molar-refractivity contribution >= 4 is 11.9 Å². The molecule has 1 aromatic carbocycles. The van der Waals surface area contributed by atoms with E-state index in [1.807, 2.05) is 0 Å². The first kappa shape index (κ1) is 17.3. The Morgan fingerprint density at radius 3 is 2.65 bits per heavy atom. The lowest BCUT2D eigenvalue weighted by Gasteiger charge is -2.16. The molecule has 1 aliphatic rings. The molecule has 1 amide bonds. The number of carboxylic acid groups (broad SMARTS) is 1. The summed E-state index contributed by atoms with van der Waals surface area (Å²) >= 11 is 0. The normalized spacial score (nSPS) is 20.2. The zero-order valence-electron chi connectivity index (χ0n) is 12.6. The van der Waals surface area contributed by atoms with Gasteiger partial charge in [0.15, 0.2) is 0 Å². The van der Waals surface area contributed by atoms with Gasteiger partial charge in [0.2, 0.25) is 5.91 Å². The Bertz CT molecular complexity index is 600. The van der Waals surface area contributed by atoms with Crippen LogP contribution in [0.3, 0.4) is 0 Å². The minimum absolute atomic E-state index is 0.0145. The molecule has 2 rings (SSSR count). The number of aliphatic carboxylic acids is 1. The van der Waals surface area contributed by atoms with E-state index < -0.39 is 17.7 Å². The Labute approximate surface area is 131 Å². The van der Waals surface area contributed by atoms with E-state index >= 15 is 0 Å². The van der Waals surface area contributed by atoms with Crippen molar-refractivity contribution in [1.82, 2.24) is 4.90 Å². The molecule has 23 heavy (non-hydrogen) atoms. The highest BCUT2D eigenvalue weighted by atomic mass is 19.4. The average Bonchev–Trinajstić information content (AvgIpc) is 3.25. The number of hydrogen-bond donors (Lipinski definition) is 1. The van der Waals surface area contributed by atoms with Gasteiger partial charge in [-0.05, 0) is 30.4 Å². The molecule has 0 bridgehead atoms. The number of benzene rings is 1. The molecule has 1 aromatic rings. The van der Waals surface area contributed by atoms with Crippen LogP contribution in [0.1, 0.15) is 36.3 Å². The summed E-state index contributed by atoms with van der Waals surface area (Å²) in [6, 6.07) is 5.08. The van der Waals surface area contributed by atoms with Crippen LogP contribution in [0.15, 0.2) is 24.3 Å². The molecular weight excluding hydrogens is 311 g/mol. The SMILES string of the molecule is CN(CCCC(=O)O)C(=O)C1CC1c1cccc(C(F)(F)F)c1. The topological polar surface area (TPSA) is 57.6 Å². The fourth-order valence-electron chi connectivity index (χ4n) is 2.64. The maximum absolute atomic E-state index is 12.7. The Morgan fingerprint density at radius 1 is 1.35 bits per heavy atom. The lowest BCUT2D eigenvalue weighted by atomic mass is 10.1. The smallest absolute Gasteiger partial charge is 0.416 e. The van der Waals surface area contributed by atoms with Crippen LogP contribution in [0.2, 0.25) is 0 Å². The van der Waals surface area contributed by atoms with Crippen LogP contribution < -0.4 is 0 Å². The van der Waals surface area contributed by atoms with Gasteiger partial charge in [0, 0.05) is 25.9 Å². The third kappa shape index (κ3) is 4.46. The number of nitrogens with zero attached hydrogens (tertiary/aromatic N) is 1. The van der Waals surface area contributed by atoms with Crippen LogP contribution in [0, 0.1) is 5.92 Å². The zero-order chi connectivity index (χ0) is 17.2. The minimum atomic E-state index is -4.39. The maximum atomic E-state index is 12.7. The van der Waals surface area contributed by atoms with Crippen LogP contribution in [-0.2, 0) is 15.8 Å². The van der Waals surface area contributed by atoms with Crippen molar-refractivity contribution in [2.45, 2.75) is 31.4 Å². The fraction of sp³-hybridized carbons (Fsp3) is 0.500. The average molecular weight is 329 g/mol. The van der Waals surface area contributed by atoms with E-state index in [2.05, 4.69) is 0 Å². The van der Waals surface area contributed by atoms with Crippen LogP contribution in [-0.4, -0.2) is 35.5 Å². The van der Waals surface area contributed by atoms with Gasteiger partial charge < -0.3 is 10.0 Å². The number of halogens is 3. The molecule has 1 N–H and O–H groups in total. The van der Waals surface area contributed by atoms with Gasteiger partial charge in [0.1, 0.15) is 0 Å². The highest BCUT2D eigenvalue weighted by Crippen LogP contribution is 2.49. The third-order valence-electron chi connectivity index (χ3n) is 4.01. The number of amides is 1. The molecule has 0 aliphatic heterocycles. The zero-order valence-corrected chi connectivity index (χ0v) is 12.6. The quantitative estimate of drug-likeness (QED) is 0.872. The van der Waals surface area contributed by atoms with Crippen molar-refractivity contribution in [3.8, 4) is 0 Å². The summed E-state index contributed by atoms with van der Waals surface area (Å²) in [5.74, 6) is -1.56. The molecule has 0 spiro atoms. The van der Waals surface area contributed by atoms with Crippen LogP contribution in [0.4, 0.5) is 13.2 Å². The van der Waals surface area contributed by atoms with Crippen molar-refractivity contribution in [1.29, 1.82) is 0 Å². The van der Waals surface area contributed by atoms with Crippen LogP contribution in [0.25, 0.3) is 0 Å². The summed E-state index contributed by atoms with van der Waals surface area (Å²) < 4.78 is 38.2. The van der Waals surface area contributed by atoms with Gasteiger partial charge in [0.25, 0.3) is 0 Å². The lowest BCUT2D eigenvalue weighted by molar-refractivity contribution is -0.138. The summed E-state index contributed by atoms with van der Waals surface area (Å²) in [4.78, 5) is 24.1. The Morgan fingerprint density at radius 2 is 2.04 bits per heavy atom.